The van der Waals surface area contributed by atoms with Gasteiger partial charge in [0, 0.05) is 7.05 Å². The van der Waals surface area contributed by atoms with Gasteiger partial charge in [-0.25, -0.2) is 15.0 Å². The zero-order valence-electron chi connectivity index (χ0n) is 7.12. The molecule has 0 spiro atoms. The summed E-state index contributed by atoms with van der Waals surface area (Å²) in [6, 6.07) is 0. The standard InChI is InChI=1S/C6H6N4O3S/c1-10-5-4(8-3-9-5)2-7-6(10)14(11,12)13/h2-3H,1H3,(H,11,12,13). The molecule has 2 aliphatic rings. The summed E-state index contributed by atoms with van der Waals surface area (Å²) in [5.41, 5.74) is 0.472. The summed E-state index contributed by atoms with van der Waals surface area (Å²) in [7, 11) is -2.88. The van der Waals surface area contributed by atoms with Crippen molar-refractivity contribution in [3.05, 3.63) is 12.5 Å². The van der Waals surface area contributed by atoms with Gasteiger partial charge in [0.2, 0.25) is 0 Å². The Kier molecular flexibility index (Phi) is 1.76. The quantitative estimate of drug-likeness (QED) is 0.510. The van der Waals surface area contributed by atoms with Crippen LogP contribution in [-0.2, 0) is 17.2 Å². The monoisotopic (exact) mass is 214 g/mol. The van der Waals surface area contributed by atoms with Gasteiger partial charge in [-0.05, 0) is 0 Å². The fourth-order valence-corrected chi connectivity index (χ4v) is 1.77. The molecule has 2 rings (SSSR count). The Hall–Kier alpha value is -1.54. The van der Waals surface area contributed by atoms with E-state index in [9.17, 15) is 8.42 Å². The van der Waals surface area contributed by atoms with Crippen molar-refractivity contribution in [3.8, 4) is 11.5 Å². The molecule has 8 heteroatoms. The van der Waals surface area contributed by atoms with E-state index in [4.69, 9.17) is 4.55 Å². The lowest BCUT2D eigenvalue weighted by Crippen LogP contribution is -2.13. The van der Waals surface area contributed by atoms with Gasteiger partial charge in [-0.1, -0.05) is 0 Å². The second kappa shape index (κ2) is 2.72. The van der Waals surface area contributed by atoms with Crippen molar-refractivity contribution in [2.45, 2.75) is 5.16 Å². The van der Waals surface area contributed by atoms with Crippen molar-refractivity contribution in [2.75, 3.05) is 0 Å². The zero-order chi connectivity index (χ0) is 10.3. The normalized spacial score (nSPS) is 12.1. The van der Waals surface area contributed by atoms with Crippen LogP contribution in [0.1, 0.15) is 0 Å². The second-order valence-electron chi connectivity index (χ2n) is 2.66. The topological polar surface area (TPSA) is 98.0 Å². The van der Waals surface area contributed by atoms with Crippen molar-refractivity contribution in [1.29, 1.82) is 0 Å². The lowest BCUT2D eigenvalue weighted by atomic mass is 10.4. The van der Waals surface area contributed by atoms with E-state index in [1.54, 1.807) is 0 Å². The number of imidazole rings is 1. The van der Waals surface area contributed by atoms with E-state index >= 15 is 0 Å². The Balaban J connectivity index is 2.82. The van der Waals surface area contributed by atoms with Crippen molar-refractivity contribution < 1.29 is 13.0 Å². The molecule has 0 saturated heterocycles. The maximum absolute atomic E-state index is 10.8. The summed E-state index contributed by atoms with van der Waals surface area (Å²) in [4.78, 5) is 11.2. The fraction of sp³-hybridized carbons (Fsp3) is 0.167. The van der Waals surface area contributed by atoms with E-state index in [-0.39, 0.29) is 0 Å². The first-order chi connectivity index (χ1) is 6.50. The first-order valence-corrected chi connectivity index (χ1v) is 5.04. The predicted octanol–water partition coefficient (Wildman–Crippen LogP) is -0.438. The smallest absolute Gasteiger partial charge is 0.301 e. The van der Waals surface area contributed by atoms with Crippen LogP contribution in [0, 0.1) is 0 Å². The first-order valence-electron chi connectivity index (χ1n) is 3.60. The molecule has 0 aromatic carbocycles. The highest BCUT2D eigenvalue weighted by Crippen LogP contribution is 2.17. The summed E-state index contributed by atoms with van der Waals surface area (Å²) < 4.78 is 31.7. The first kappa shape index (κ1) is 9.03. The Labute approximate surface area is 79.5 Å². The summed E-state index contributed by atoms with van der Waals surface area (Å²) in [6.45, 7) is 0. The van der Waals surface area contributed by atoms with E-state index in [0.717, 1.165) is 4.57 Å². The summed E-state index contributed by atoms with van der Waals surface area (Å²) in [5, 5.41) is -0.453. The van der Waals surface area contributed by atoms with Gasteiger partial charge < -0.3 is 4.57 Å². The van der Waals surface area contributed by atoms with Gasteiger partial charge in [-0.15, -0.1) is 0 Å². The van der Waals surface area contributed by atoms with Crippen LogP contribution in [0.5, 0.6) is 0 Å². The van der Waals surface area contributed by atoms with Crippen LogP contribution >= 0.6 is 0 Å². The molecule has 0 aromatic heterocycles. The van der Waals surface area contributed by atoms with Crippen LogP contribution in [0.25, 0.3) is 11.5 Å². The molecule has 0 amide bonds. The maximum Gasteiger partial charge on any atom is 0.328 e. The Bertz CT molecular complexity index is 546. The van der Waals surface area contributed by atoms with E-state index in [2.05, 4.69) is 15.0 Å². The lowest BCUT2D eigenvalue weighted by Gasteiger charge is -2.07. The second-order valence-corrected chi connectivity index (χ2v) is 3.97. The zero-order valence-corrected chi connectivity index (χ0v) is 7.93. The molecule has 74 valence electrons. The molecule has 2 heterocycles. The third-order valence-corrected chi connectivity index (χ3v) is 2.58. The largest absolute Gasteiger partial charge is 0.328 e. The van der Waals surface area contributed by atoms with Crippen LogP contribution in [0.2, 0.25) is 0 Å². The van der Waals surface area contributed by atoms with E-state index in [1.807, 2.05) is 0 Å². The van der Waals surface area contributed by atoms with Crippen LogP contribution in [-0.4, -0.2) is 32.5 Å². The molecular weight excluding hydrogens is 208 g/mol. The summed E-state index contributed by atoms with van der Waals surface area (Å²) in [6.07, 6.45) is 2.53. The number of rotatable bonds is 1. The Morgan fingerprint density at radius 2 is 2.07 bits per heavy atom. The molecule has 7 nitrogen and oxygen atoms in total. The van der Waals surface area contributed by atoms with Gasteiger partial charge in [-0.3, -0.25) is 4.55 Å². The molecule has 0 radical (unpaired) electrons. The third-order valence-electron chi connectivity index (χ3n) is 1.74. The number of fused-ring (bicyclic) bond motifs is 1. The van der Waals surface area contributed by atoms with Crippen LogP contribution in [0.4, 0.5) is 0 Å². The van der Waals surface area contributed by atoms with Crippen LogP contribution in [0.15, 0.2) is 17.7 Å². The molecule has 0 aromatic rings. The van der Waals surface area contributed by atoms with Gasteiger partial charge in [0.1, 0.15) is 12.0 Å². The van der Waals surface area contributed by atoms with E-state index < -0.39 is 15.3 Å². The van der Waals surface area contributed by atoms with Crippen LogP contribution < -0.4 is 0 Å². The van der Waals surface area contributed by atoms with Gasteiger partial charge in [0.15, 0.2) is 5.82 Å². The number of nitrogens with zero attached hydrogens (tertiary/aromatic N) is 4. The van der Waals surface area contributed by atoms with E-state index in [0.29, 0.717) is 11.5 Å². The minimum absolute atomic E-state index is 0.354. The minimum Gasteiger partial charge on any atom is -0.301 e. The fourth-order valence-electron chi connectivity index (χ4n) is 1.15. The van der Waals surface area contributed by atoms with Crippen molar-refractivity contribution in [3.63, 3.8) is 0 Å². The highest BCUT2D eigenvalue weighted by molar-refractivity contribution is 7.85. The average Bonchev–Trinajstić information content (AvgIpc) is 2.50. The molecule has 0 fully saturated rings. The number of aromatic nitrogens is 4. The highest BCUT2D eigenvalue weighted by Gasteiger charge is 2.20. The van der Waals surface area contributed by atoms with Gasteiger partial charge >= 0.3 is 10.1 Å². The molecule has 2 aliphatic heterocycles. The molecular formula is C6H6N4O3S. The van der Waals surface area contributed by atoms with Crippen molar-refractivity contribution in [1.82, 2.24) is 19.5 Å². The molecule has 14 heavy (non-hydrogen) atoms. The Morgan fingerprint density at radius 3 is 2.71 bits per heavy atom. The maximum atomic E-state index is 10.8. The number of hydrogen-bond donors (Lipinski definition) is 1. The summed E-state index contributed by atoms with van der Waals surface area (Å²) in [5.74, 6) is 0.354. The molecule has 0 unspecified atom stereocenters. The summed E-state index contributed by atoms with van der Waals surface area (Å²) >= 11 is 0. The number of hydrogen-bond acceptors (Lipinski definition) is 5. The van der Waals surface area contributed by atoms with Crippen molar-refractivity contribution >= 4 is 10.1 Å². The third kappa shape index (κ3) is 1.24. The SMILES string of the molecule is Cn1c2ncnc-2cnc1S(=O)(=O)O. The highest BCUT2D eigenvalue weighted by atomic mass is 32.2. The molecule has 0 saturated carbocycles. The molecule has 0 aliphatic carbocycles. The average molecular weight is 214 g/mol. The molecule has 1 N–H and O–H groups in total. The van der Waals surface area contributed by atoms with Crippen LogP contribution in [0.3, 0.4) is 0 Å². The van der Waals surface area contributed by atoms with Crippen molar-refractivity contribution in [2.24, 2.45) is 7.05 Å². The predicted molar refractivity (Wildman–Crippen MR) is 45.2 cm³/mol. The lowest BCUT2D eigenvalue weighted by molar-refractivity contribution is 0.465. The van der Waals surface area contributed by atoms with E-state index in [1.165, 1.54) is 19.6 Å². The van der Waals surface area contributed by atoms with Gasteiger partial charge in [0.05, 0.1) is 6.20 Å². The Morgan fingerprint density at radius 1 is 1.36 bits per heavy atom. The van der Waals surface area contributed by atoms with Gasteiger partial charge in [0.25, 0.3) is 5.16 Å². The molecule has 0 bridgehead atoms. The minimum atomic E-state index is -4.32. The molecule has 0 atom stereocenters. The van der Waals surface area contributed by atoms with Gasteiger partial charge in [-0.2, -0.15) is 8.42 Å².